The van der Waals surface area contributed by atoms with Gasteiger partial charge < -0.3 is 4.74 Å². The topological polar surface area (TPSA) is 65.7 Å². The monoisotopic (exact) mass is 195 g/mol. The number of hydrogen-bond donors (Lipinski definition) is 0. The Kier molecular flexibility index (Phi) is 2.05. The van der Waals surface area contributed by atoms with Gasteiger partial charge in [-0.2, -0.15) is 10.1 Å². The molecular formula is C7H6FN5O. The van der Waals surface area contributed by atoms with E-state index in [2.05, 4.69) is 20.3 Å². The summed E-state index contributed by atoms with van der Waals surface area (Å²) >= 11 is 0. The molecule has 0 fully saturated rings. The minimum absolute atomic E-state index is 0.154. The van der Waals surface area contributed by atoms with Crippen molar-refractivity contribution < 1.29 is 9.13 Å². The average molecular weight is 195 g/mol. The molecule has 0 aromatic carbocycles. The van der Waals surface area contributed by atoms with E-state index in [-0.39, 0.29) is 6.01 Å². The summed E-state index contributed by atoms with van der Waals surface area (Å²) in [7, 11) is 1.43. The van der Waals surface area contributed by atoms with E-state index in [0.29, 0.717) is 5.82 Å². The fourth-order valence-corrected chi connectivity index (χ4v) is 0.883. The predicted octanol–water partition coefficient (Wildman–Crippen LogP) is 0.205. The molecular weight excluding hydrogens is 189 g/mol. The molecule has 2 aromatic rings. The van der Waals surface area contributed by atoms with Crippen LogP contribution in [-0.2, 0) is 0 Å². The molecule has 0 saturated carbocycles. The first-order valence-corrected chi connectivity index (χ1v) is 3.74. The molecule has 2 rings (SSSR count). The van der Waals surface area contributed by atoms with E-state index in [1.54, 1.807) is 0 Å². The predicted molar refractivity (Wildman–Crippen MR) is 43.5 cm³/mol. The van der Waals surface area contributed by atoms with E-state index in [0.717, 1.165) is 6.20 Å². The Morgan fingerprint density at radius 3 is 2.71 bits per heavy atom. The summed E-state index contributed by atoms with van der Waals surface area (Å²) in [6.45, 7) is 0. The Hall–Kier alpha value is -2.05. The lowest BCUT2D eigenvalue weighted by molar-refractivity contribution is 0.372. The lowest BCUT2D eigenvalue weighted by Gasteiger charge is -1.98. The van der Waals surface area contributed by atoms with Gasteiger partial charge in [0.25, 0.3) is 0 Å². The molecule has 0 aliphatic rings. The molecule has 0 aliphatic carbocycles. The molecule has 0 bridgehead atoms. The minimum Gasteiger partial charge on any atom is -0.466 e. The molecule has 0 aliphatic heterocycles. The van der Waals surface area contributed by atoms with Crippen LogP contribution in [0, 0.1) is 5.82 Å². The third-order valence-corrected chi connectivity index (χ3v) is 1.50. The highest BCUT2D eigenvalue weighted by Gasteiger charge is 2.03. The molecule has 72 valence electrons. The summed E-state index contributed by atoms with van der Waals surface area (Å²) in [6.07, 6.45) is 3.64. The number of halogens is 1. The summed E-state index contributed by atoms with van der Waals surface area (Å²) in [5.41, 5.74) is 0. The van der Waals surface area contributed by atoms with Crippen molar-refractivity contribution >= 4 is 0 Å². The van der Waals surface area contributed by atoms with Gasteiger partial charge >= 0.3 is 6.01 Å². The lowest BCUT2D eigenvalue weighted by Crippen LogP contribution is -2.02. The van der Waals surface area contributed by atoms with Gasteiger partial charge in [-0.15, -0.1) is 5.10 Å². The van der Waals surface area contributed by atoms with Gasteiger partial charge in [0.1, 0.15) is 0 Å². The number of methoxy groups -OCH3 is 1. The van der Waals surface area contributed by atoms with Crippen molar-refractivity contribution in [3.05, 3.63) is 24.4 Å². The minimum atomic E-state index is -0.442. The molecule has 6 nitrogen and oxygen atoms in total. The van der Waals surface area contributed by atoms with Crippen molar-refractivity contribution in [3.8, 4) is 11.8 Å². The zero-order valence-corrected chi connectivity index (χ0v) is 7.25. The number of rotatable bonds is 2. The molecule has 0 N–H and O–H groups in total. The van der Waals surface area contributed by atoms with Gasteiger partial charge in [-0.3, -0.25) is 0 Å². The van der Waals surface area contributed by atoms with Crippen molar-refractivity contribution in [1.82, 2.24) is 25.0 Å². The van der Waals surface area contributed by atoms with Crippen LogP contribution in [0.4, 0.5) is 4.39 Å². The van der Waals surface area contributed by atoms with Crippen molar-refractivity contribution in [2.45, 2.75) is 0 Å². The largest absolute Gasteiger partial charge is 0.466 e. The average Bonchev–Trinajstić information content (AvgIpc) is 2.65. The van der Waals surface area contributed by atoms with Gasteiger partial charge in [-0.1, -0.05) is 5.10 Å². The molecule has 0 spiro atoms. The maximum atomic E-state index is 12.6. The number of hydrogen-bond acceptors (Lipinski definition) is 5. The second kappa shape index (κ2) is 3.36. The maximum Gasteiger partial charge on any atom is 0.335 e. The van der Waals surface area contributed by atoms with Gasteiger partial charge in [-0.25, -0.2) is 9.07 Å². The third kappa shape index (κ3) is 1.51. The quantitative estimate of drug-likeness (QED) is 0.685. The Morgan fingerprint density at radius 2 is 2.21 bits per heavy atom. The molecule has 2 heterocycles. The number of nitrogens with zero attached hydrogens (tertiary/aromatic N) is 5. The van der Waals surface area contributed by atoms with Crippen LogP contribution < -0.4 is 4.74 Å². The highest BCUT2D eigenvalue weighted by atomic mass is 19.1. The van der Waals surface area contributed by atoms with E-state index in [1.165, 1.54) is 24.2 Å². The van der Waals surface area contributed by atoms with Crippen LogP contribution in [-0.4, -0.2) is 32.1 Å². The second-order valence-corrected chi connectivity index (χ2v) is 2.41. The molecule has 14 heavy (non-hydrogen) atoms. The summed E-state index contributed by atoms with van der Waals surface area (Å²) in [4.78, 5) is 3.80. The smallest absolute Gasteiger partial charge is 0.335 e. The lowest BCUT2D eigenvalue weighted by atomic mass is 10.7. The van der Waals surface area contributed by atoms with Crippen LogP contribution in [0.5, 0.6) is 6.01 Å². The van der Waals surface area contributed by atoms with Crippen molar-refractivity contribution in [1.29, 1.82) is 0 Å². The summed E-state index contributed by atoms with van der Waals surface area (Å²) in [6, 6.07) is 0.154. The fraction of sp³-hybridized carbons (Fsp3) is 0.143. The summed E-state index contributed by atoms with van der Waals surface area (Å²) in [5, 5.41) is 11.0. The number of ether oxygens (including phenoxy) is 1. The summed E-state index contributed by atoms with van der Waals surface area (Å²) in [5.74, 6) is -0.114. The van der Waals surface area contributed by atoms with E-state index in [9.17, 15) is 4.39 Å². The standard InChI is InChI=1S/C7H6FN5O/c1-14-7-9-3-6(11-12-7)13-4-5(8)2-10-13/h2-4H,1H3. The van der Waals surface area contributed by atoms with Gasteiger partial charge in [-0.05, 0) is 0 Å². The Morgan fingerprint density at radius 1 is 1.36 bits per heavy atom. The Balaban J connectivity index is 2.33. The van der Waals surface area contributed by atoms with Crippen LogP contribution in [0.1, 0.15) is 0 Å². The molecule has 0 unspecified atom stereocenters. The second-order valence-electron chi connectivity index (χ2n) is 2.41. The van der Waals surface area contributed by atoms with Crippen LogP contribution in [0.2, 0.25) is 0 Å². The van der Waals surface area contributed by atoms with E-state index < -0.39 is 5.82 Å². The Bertz CT molecular complexity index is 426. The van der Waals surface area contributed by atoms with Crippen molar-refractivity contribution in [2.75, 3.05) is 7.11 Å². The normalized spacial score (nSPS) is 10.1. The molecule has 2 aromatic heterocycles. The van der Waals surface area contributed by atoms with Crippen LogP contribution in [0.15, 0.2) is 18.6 Å². The van der Waals surface area contributed by atoms with E-state index in [4.69, 9.17) is 4.74 Å². The number of aromatic nitrogens is 5. The maximum absolute atomic E-state index is 12.6. The van der Waals surface area contributed by atoms with Crippen LogP contribution >= 0.6 is 0 Å². The summed E-state index contributed by atoms with van der Waals surface area (Å²) < 4.78 is 18.5. The van der Waals surface area contributed by atoms with Gasteiger partial charge in [0.2, 0.25) is 0 Å². The van der Waals surface area contributed by atoms with Gasteiger partial charge in [0.05, 0.1) is 25.7 Å². The van der Waals surface area contributed by atoms with Crippen molar-refractivity contribution in [3.63, 3.8) is 0 Å². The van der Waals surface area contributed by atoms with Gasteiger partial charge in [0, 0.05) is 0 Å². The first kappa shape index (κ1) is 8.54. The molecule has 0 amide bonds. The molecule has 7 heteroatoms. The molecule has 0 atom stereocenters. The fourth-order valence-electron chi connectivity index (χ4n) is 0.883. The SMILES string of the molecule is COc1ncc(-n2cc(F)cn2)nn1. The van der Waals surface area contributed by atoms with E-state index >= 15 is 0 Å². The highest BCUT2D eigenvalue weighted by molar-refractivity contribution is 5.15. The first-order valence-electron chi connectivity index (χ1n) is 3.74. The van der Waals surface area contributed by atoms with Crippen molar-refractivity contribution in [2.24, 2.45) is 0 Å². The van der Waals surface area contributed by atoms with E-state index in [1.807, 2.05) is 0 Å². The van der Waals surface area contributed by atoms with Crippen LogP contribution in [0.3, 0.4) is 0 Å². The third-order valence-electron chi connectivity index (χ3n) is 1.50. The van der Waals surface area contributed by atoms with Crippen LogP contribution in [0.25, 0.3) is 5.82 Å². The molecule has 0 saturated heterocycles. The van der Waals surface area contributed by atoms with Gasteiger partial charge in [0.15, 0.2) is 11.6 Å². The molecule has 0 radical (unpaired) electrons. The first-order chi connectivity index (χ1) is 6.79. The Labute approximate surface area is 78.4 Å². The highest BCUT2D eigenvalue weighted by Crippen LogP contribution is 2.03. The zero-order valence-electron chi connectivity index (χ0n) is 7.25. The zero-order chi connectivity index (χ0) is 9.97.